The summed E-state index contributed by atoms with van der Waals surface area (Å²) in [6, 6.07) is 20.7. The molecule has 0 aliphatic carbocycles. The fourth-order valence-electron chi connectivity index (χ4n) is 4.35. The van der Waals surface area contributed by atoms with Crippen LogP contribution in [0, 0.1) is 0 Å². The van der Waals surface area contributed by atoms with Crippen LogP contribution in [0.1, 0.15) is 73.4 Å². The number of carbonyl (C=O) groups excluding carboxylic acids is 2. The van der Waals surface area contributed by atoms with Crippen LogP contribution in [0.25, 0.3) is 0 Å². The molecular formula is C38H44O10. The molecule has 0 fully saturated rings. The summed E-state index contributed by atoms with van der Waals surface area (Å²) in [6.45, 7) is 8.22. The molecule has 0 saturated carbocycles. The summed E-state index contributed by atoms with van der Waals surface area (Å²) in [5.41, 5.74) is 3.55. The summed E-state index contributed by atoms with van der Waals surface area (Å²) in [4.78, 5) is 33.3. The molecule has 10 heteroatoms. The quantitative estimate of drug-likeness (QED) is 0.0117. The van der Waals surface area contributed by atoms with Crippen molar-refractivity contribution in [2.24, 2.45) is 0 Å². The van der Waals surface area contributed by atoms with Crippen molar-refractivity contribution in [3.05, 3.63) is 115 Å². The van der Waals surface area contributed by atoms with Gasteiger partial charge in [-0.2, -0.15) is 4.89 Å². The molecule has 3 rings (SSSR count). The largest absolute Gasteiger partial charge is 0.494 e. The molecule has 0 aromatic heterocycles. The van der Waals surface area contributed by atoms with Gasteiger partial charge >= 0.3 is 11.9 Å². The first-order valence-electron chi connectivity index (χ1n) is 16.0. The molecule has 1 N–H and O–H groups in total. The number of carbonyl (C=O) groups is 2. The summed E-state index contributed by atoms with van der Waals surface area (Å²) in [6.07, 6.45) is 8.54. The number of unbranched alkanes of at least 4 members (excludes halogenated alkanes) is 5. The van der Waals surface area contributed by atoms with Crippen molar-refractivity contribution in [1.82, 2.24) is 0 Å². The van der Waals surface area contributed by atoms with Crippen molar-refractivity contribution < 1.29 is 48.2 Å². The Balaban J connectivity index is 1.28. The first-order valence-corrected chi connectivity index (χ1v) is 16.0. The lowest BCUT2D eigenvalue weighted by Gasteiger charge is -2.12. The topological polar surface area (TPSA) is 119 Å². The molecule has 0 radical (unpaired) electrons. The van der Waals surface area contributed by atoms with E-state index in [0.29, 0.717) is 54.6 Å². The Hall–Kier alpha value is -5.02. The summed E-state index contributed by atoms with van der Waals surface area (Å²) in [7, 11) is 0. The van der Waals surface area contributed by atoms with Crippen LogP contribution in [0.15, 0.2) is 104 Å². The van der Waals surface area contributed by atoms with Crippen molar-refractivity contribution in [3.8, 4) is 23.0 Å². The molecule has 0 saturated heterocycles. The summed E-state index contributed by atoms with van der Waals surface area (Å²) in [5.74, 6) is 1.39. The average Bonchev–Trinajstić information content (AvgIpc) is 3.11. The zero-order chi connectivity index (χ0) is 34.2. The third-order valence-corrected chi connectivity index (χ3v) is 6.96. The van der Waals surface area contributed by atoms with E-state index in [4.69, 9.17) is 33.5 Å². The van der Waals surface area contributed by atoms with E-state index in [0.717, 1.165) is 56.8 Å². The van der Waals surface area contributed by atoms with Gasteiger partial charge in [-0.1, -0.05) is 43.9 Å². The van der Waals surface area contributed by atoms with Gasteiger partial charge in [-0.05, 0) is 105 Å². The molecule has 48 heavy (non-hydrogen) atoms. The Morgan fingerprint density at radius 3 is 1.90 bits per heavy atom. The van der Waals surface area contributed by atoms with Crippen LogP contribution in [0.5, 0.6) is 23.0 Å². The van der Waals surface area contributed by atoms with E-state index in [1.54, 1.807) is 48.5 Å². The lowest BCUT2D eigenvalue weighted by molar-refractivity contribution is -0.248. The van der Waals surface area contributed by atoms with Crippen LogP contribution in [-0.4, -0.2) is 43.7 Å². The van der Waals surface area contributed by atoms with Gasteiger partial charge in [0, 0.05) is 6.08 Å². The van der Waals surface area contributed by atoms with Gasteiger partial charge in [0.2, 0.25) is 6.79 Å². The smallest absolute Gasteiger partial charge is 0.343 e. The monoisotopic (exact) mass is 660 g/mol. The van der Waals surface area contributed by atoms with E-state index in [1.165, 1.54) is 6.26 Å². The molecule has 0 bridgehead atoms. The average molecular weight is 661 g/mol. The van der Waals surface area contributed by atoms with E-state index >= 15 is 0 Å². The Morgan fingerprint density at radius 1 is 0.708 bits per heavy atom. The molecule has 0 amide bonds. The highest BCUT2D eigenvalue weighted by molar-refractivity contribution is 5.91. The van der Waals surface area contributed by atoms with Crippen molar-refractivity contribution >= 4 is 11.9 Å². The molecule has 0 aliphatic rings. The summed E-state index contributed by atoms with van der Waals surface area (Å²) in [5, 5.41) is 10.5. The molecule has 0 heterocycles. The molecule has 0 aliphatic heterocycles. The molecule has 256 valence electrons. The first kappa shape index (κ1) is 37.4. The highest BCUT2D eigenvalue weighted by atomic mass is 17.2. The van der Waals surface area contributed by atoms with Gasteiger partial charge in [0.1, 0.15) is 23.0 Å². The number of rotatable bonds is 24. The SMILES string of the molecule is C=C=COOCCCCCCOc1ccc(OCOc2ccc(OC(=O)c3ccc(C(O)CCCCCOC(=O)C=C)cc3)cc2)cc1. The maximum atomic E-state index is 12.6. The molecule has 1 atom stereocenters. The van der Waals surface area contributed by atoms with Crippen LogP contribution in [0.3, 0.4) is 0 Å². The number of esters is 2. The number of aliphatic hydroxyl groups excluding tert-OH is 1. The third-order valence-electron chi connectivity index (χ3n) is 6.96. The zero-order valence-corrected chi connectivity index (χ0v) is 27.2. The van der Waals surface area contributed by atoms with Crippen LogP contribution in [-0.2, 0) is 19.3 Å². The van der Waals surface area contributed by atoms with Crippen molar-refractivity contribution in [3.63, 3.8) is 0 Å². The summed E-state index contributed by atoms with van der Waals surface area (Å²) < 4.78 is 27.5. The number of hydrogen-bond acceptors (Lipinski definition) is 10. The van der Waals surface area contributed by atoms with Gasteiger partial charge in [-0.3, -0.25) is 0 Å². The second-order valence-corrected chi connectivity index (χ2v) is 10.6. The number of hydrogen-bond donors (Lipinski definition) is 1. The Morgan fingerprint density at radius 2 is 1.27 bits per heavy atom. The predicted molar refractivity (Wildman–Crippen MR) is 180 cm³/mol. The Kier molecular flexibility index (Phi) is 17.5. The van der Waals surface area contributed by atoms with E-state index in [9.17, 15) is 14.7 Å². The Bertz CT molecular complexity index is 1410. The maximum Gasteiger partial charge on any atom is 0.343 e. The van der Waals surface area contributed by atoms with Crippen LogP contribution < -0.4 is 18.9 Å². The van der Waals surface area contributed by atoms with Crippen molar-refractivity contribution in [1.29, 1.82) is 0 Å². The first-order chi connectivity index (χ1) is 23.5. The highest BCUT2D eigenvalue weighted by Gasteiger charge is 2.12. The van der Waals surface area contributed by atoms with E-state index < -0.39 is 18.0 Å². The van der Waals surface area contributed by atoms with Crippen molar-refractivity contribution in [2.75, 3.05) is 26.6 Å². The standard InChI is InChI=1S/C38H44O10/c1-3-25-46-47-28-11-6-5-9-26-42-32-17-19-33(20-18-32)44-29-45-34-21-23-35(24-22-34)48-38(41)31-15-13-30(14-16-31)36(39)12-8-7-10-27-43-37(40)4-2/h4,13-25,36,39H,1-2,5-12,26-29H2. The minimum absolute atomic E-state index is 0.00132. The number of ether oxygens (including phenoxy) is 5. The van der Waals surface area contributed by atoms with Crippen LogP contribution >= 0.6 is 0 Å². The molecule has 0 spiro atoms. The summed E-state index contributed by atoms with van der Waals surface area (Å²) >= 11 is 0. The Labute approximate surface area is 282 Å². The van der Waals surface area contributed by atoms with E-state index in [1.807, 2.05) is 24.3 Å². The fraction of sp³-hybridized carbons (Fsp3) is 0.342. The number of aliphatic hydroxyl groups is 1. The van der Waals surface area contributed by atoms with Gasteiger partial charge in [0.15, 0.2) is 6.26 Å². The molecule has 3 aromatic rings. The number of benzene rings is 3. The second-order valence-electron chi connectivity index (χ2n) is 10.6. The normalized spacial score (nSPS) is 11.0. The molecular weight excluding hydrogens is 616 g/mol. The van der Waals surface area contributed by atoms with Gasteiger partial charge in [-0.25, -0.2) is 9.59 Å². The highest BCUT2D eigenvalue weighted by Crippen LogP contribution is 2.23. The van der Waals surface area contributed by atoms with Gasteiger partial charge in [0.25, 0.3) is 0 Å². The molecule has 1 unspecified atom stereocenters. The lowest BCUT2D eigenvalue weighted by Crippen LogP contribution is -2.09. The maximum absolute atomic E-state index is 12.6. The van der Waals surface area contributed by atoms with E-state index in [2.05, 4.69) is 18.9 Å². The predicted octanol–water partition coefficient (Wildman–Crippen LogP) is 7.83. The van der Waals surface area contributed by atoms with Crippen LogP contribution in [0.4, 0.5) is 0 Å². The minimum atomic E-state index is -0.652. The minimum Gasteiger partial charge on any atom is -0.494 e. The van der Waals surface area contributed by atoms with Gasteiger partial charge in [0.05, 0.1) is 31.5 Å². The van der Waals surface area contributed by atoms with E-state index in [-0.39, 0.29) is 6.79 Å². The van der Waals surface area contributed by atoms with Gasteiger partial charge in [-0.15, -0.1) is 0 Å². The second kappa shape index (κ2) is 22.5. The third kappa shape index (κ3) is 15.0. The van der Waals surface area contributed by atoms with Crippen molar-refractivity contribution in [2.45, 2.75) is 57.5 Å². The zero-order valence-electron chi connectivity index (χ0n) is 27.2. The van der Waals surface area contributed by atoms with Gasteiger partial charge < -0.3 is 33.7 Å². The fourth-order valence-corrected chi connectivity index (χ4v) is 4.35. The van der Waals surface area contributed by atoms with Crippen LogP contribution in [0.2, 0.25) is 0 Å². The lowest BCUT2D eigenvalue weighted by atomic mass is 10.0. The molecule has 10 nitrogen and oxygen atoms in total. The molecule has 3 aromatic carbocycles.